The zero-order chi connectivity index (χ0) is 18.8. The lowest BCUT2D eigenvalue weighted by Gasteiger charge is -2.11. The van der Waals surface area contributed by atoms with E-state index in [0.717, 1.165) is 25.7 Å². The van der Waals surface area contributed by atoms with Gasteiger partial charge in [0, 0.05) is 6.54 Å². The van der Waals surface area contributed by atoms with Crippen LogP contribution in [-0.2, 0) is 6.54 Å². The molecule has 1 aromatic carbocycles. The summed E-state index contributed by atoms with van der Waals surface area (Å²) >= 11 is 0. The molecule has 4 rings (SSSR count). The van der Waals surface area contributed by atoms with E-state index in [1.165, 1.54) is 10.8 Å². The number of rotatable bonds is 6. The largest absolute Gasteiger partial charge is 0.461 e. The lowest BCUT2D eigenvalue weighted by atomic mass is 10.2. The third-order valence-electron chi connectivity index (χ3n) is 4.68. The van der Waals surface area contributed by atoms with Crippen molar-refractivity contribution in [1.29, 1.82) is 0 Å². The fourth-order valence-electron chi connectivity index (χ4n) is 3.28. The number of aromatic nitrogens is 2. The van der Waals surface area contributed by atoms with Gasteiger partial charge in [0.25, 0.3) is 5.56 Å². The van der Waals surface area contributed by atoms with Gasteiger partial charge in [-0.05, 0) is 30.7 Å². The van der Waals surface area contributed by atoms with E-state index in [9.17, 15) is 9.59 Å². The molecule has 0 bridgehead atoms. The lowest BCUT2D eigenvalue weighted by Crippen LogP contribution is -2.27. The molecule has 138 valence electrons. The normalized spacial score (nSPS) is 11.4. The standard InChI is InChI=1S/C21H20N2O4/c1-2-3-4-7-12-23-19(16-11-8-13-26-16)22-20-17(21(23)25)18(24)14-9-5-6-10-15(14)27-20/h5-6,8-11,13H,2-4,7,12H2,1H3. The average Bonchev–Trinajstić information content (AvgIpc) is 3.21. The molecule has 27 heavy (non-hydrogen) atoms. The lowest BCUT2D eigenvalue weighted by molar-refractivity contribution is 0.538. The minimum absolute atomic E-state index is 0.0144. The summed E-state index contributed by atoms with van der Waals surface area (Å²) in [7, 11) is 0. The van der Waals surface area contributed by atoms with Gasteiger partial charge in [-0.15, -0.1) is 0 Å². The van der Waals surface area contributed by atoms with Gasteiger partial charge in [0.2, 0.25) is 11.1 Å². The zero-order valence-electron chi connectivity index (χ0n) is 15.1. The quantitative estimate of drug-likeness (QED) is 0.375. The summed E-state index contributed by atoms with van der Waals surface area (Å²) < 4.78 is 12.8. The minimum atomic E-state index is -0.387. The van der Waals surface area contributed by atoms with Crippen LogP contribution in [0.2, 0.25) is 0 Å². The van der Waals surface area contributed by atoms with Crippen molar-refractivity contribution < 1.29 is 8.83 Å². The maximum absolute atomic E-state index is 13.2. The summed E-state index contributed by atoms with van der Waals surface area (Å²) in [6.45, 7) is 2.61. The molecule has 6 nitrogen and oxygen atoms in total. The first-order chi connectivity index (χ1) is 13.2. The molecular weight excluding hydrogens is 344 g/mol. The van der Waals surface area contributed by atoms with Crippen LogP contribution in [0.1, 0.15) is 32.6 Å². The molecule has 0 spiro atoms. The number of hydrogen-bond acceptors (Lipinski definition) is 5. The van der Waals surface area contributed by atoms with E-state index in [0.29, 0.717) is 29.1 Å². The highest BCUT2D eigenvalue weighted by atomic mass is 16.3. The van der Waals surface area contributed by atoms with Crippen molar-refractivity contribution in [2.75, 3.05) is 0 Å². The molecule has 0 radical (unpaired) electrons. The predicted octanol–water partition coefficient (Wildman–Crippen LogP) is 4.34. The molecular formula is C21H20N2O4. The van der Waals surface area contributed by atoms with Gasteiger partial charge in [-0.25, -0.2) is 0 Å². The number of furan rings is 1. The summed E-state index contributed by atoms with van der Waals surface area (Å²) in [4.78, 5) is 30.6. The van der Waals surface area contributed by atoms with Crippen LogP contribution in [0.4, 0.5) is 0 Å². The molecule has 0 aliphatic carbocycles. The van der Waals surface area contributed by atoms with Crippen LogP contribution >= 0.6 is 0 Å². The highest BCUT2D eigenvalue weighted by molar-refractivity contribution is 5.88. The number of hydrogen-bond donors (Lipinski definition) is 0. The molecule has 0 aliphatic rings. The second-order valence-electron chi connectivity index (χ2n) is 6.54. The van der Waals surface area contributed by atoms with E-state index >= 15 is 0 Å². The Kier molecular flexibility index (Phi) is 4.62. The Morgan fingerprint density at radius 1 is 1.04 bits per heavy atom. The number of fused-ring (bicyclic) bond motifs is 2. The molecule has 3 aromatic heterocycles. The number of unbranched alkanes of at least 4 members (excludes halogenated alkanes) is 3. The first kappa shape index (κ1) is 17.3. The summed E-state index contributed by atoms with van der Waals surface area (Å²) in [5.41, 5.74) is -0.284. The zero-order valence-corrected chi connectivity index (χ0v) is 15.1. The number of para-hydroxylation sites is 1. The molecule has 6 heteroatoms. The van der Waals surface area contributed by atoms with Crippen LogP contribution in [0.15, 0.2) is 61.1 Å². The monoisotopic (exact) mass is 364 g/mol. The Bertz CT molecular complexity index is 1200. The summed E-state index contributed by atoms with van der Waals surface area (Å²) in [5.74, 6) is 0.854. The van der Waals surface area contributed by atoms with Crippen molar-refractivity contribution >= 4 is 22.1 Å². The number of nitrogens with zero attached hydrogens (tertiary/aromatic N) is 2. The van der Waals surface area contributed by atoms with Crippen molar-refractivity contribution in [2.45, 2.75) is 39.2 Å². The van der Waals surface area contributed by atoms with Gasteiger partial charge in [0.05, 0.1) is 11.6 Å². The van der Waals surface area contributed by atoms with Gasteiger partial charge < -0.3 is 8.83 Å². The molecule has 3 heterocycles. The molecule has 4 aromatic rings. The highest BCUT2D eigenvalue weighted by Gasteiger charge is 2.19. The Hall–Kier alpha value is -3.15. The van der Waals surface area contributed by atoms with Crippen LogP contribution in [-0.4, -0.2) is 9.55 Å². The van der Waals surface area contributed by atoms with Crippen LogP contribution in [0.25, 0.3) is 33.7 Å². The molecule has 0 aliphatic heterocycles. The summed E-state index contributed by atoms with van der Waals surface area (Å²) in [5, 5.41) is 0.367. The highest BCUT2D eigenvalue weighted by Crippen LogP contribution is 2.21. The third kappa shape index (κ3) is 3.07. The van der Waals surface area contributed by atoms with E-state index in [-0.39, 0.29) is 22.1 Å². The summed E-state index contributed by atoms with van der Waals surface area (Å²) in [6, 6.07) is 10.4. The first-order valence-corrected chi connectivity index (χ1v) is 9.21. The second kappa shape index (κ2) is 7.23. The van der Waals surface area contributed by atoms with Crippen molar-refractivity contribution in [3.8, 4) is 11.6 Å². The van der Waals surface area contributed by atoms with Gasteiger partial charge in [-0.3, -0.25) is 14.2 Å². The Morgan fingerprint density at radius 2 is 1.89 bits per heavy atom. The maximum atomic E-state index is 13.2. The van der Waals surface area contributed by atoms with Gasteiger partial charge in [-0.2, -0.15) is 4.98 Å². The van der Waals surface area contributed by atoms with Crippen LogP contribution in [0.5, 0.6) is 0 Å². The van der Waals surface area contributed by atoms with Crippen LogP contribution in [0.3, 0.4) is 0 Å². The fourth-order valence-corrected chi connectivity index (χ4v) is 3.28. The van der Waals surface area contributed by atoms with E-state index in [4.69, 9.17) is 8.83 Å². The molecule has 0 saturated carbocycles. The SMILES string of the molecule is CCCCCCn1c(-c2ccco2)nc2oc3ccccc3c(=O)c2c1=O. The molecule has 0 N–H and O–H groups in total. The van der Waals surface area contributed by atoms with Gasteiger partial charge in [0.1, 0.15) is 5.58 Å². The number of benzene rings is 1. The Morgan fingerprint density at radius 3 is 2.67 bits per heavy atom. The van der Waals surface area contributed by atoms with Crippen molar-refractivity contribution in [3.05, 3.63) is 63.2 Å². The fraction of sp³-hybridized carbons (Fsp3) is 0.286. The van der Waals surface area contributed by atoms with E-state index in [1.807, 2.05) is 0 Å². The van der Waals surface area contributed by atoms with Crippen LogP contribution < -0.4 is 11.0 Å². The van der Waals surface area contributed by atoms with Crippen molar-refractivity contribution in [2.24, 2.45) is 0 Å². The van der Waals surface area contributed by atoms with E-state index in [2.05, 4.69) is 11.9 Å². The first-order valence-electron chi connectivity index (χ1n) is 9.21. The van der Waals surface area contributed by atoms with Gasteiger partial charge >= 0.3 is 0 Å². The Balaban J connectivity index is 1.97. The third-order valence-corrected chi connectivity index (χ3v) is 4.68. The Labute approximate surface area is 155 Å². The maximum Gasteiger partial charge on any atom is 0.269 e. The van der Waals surface area contributed by atoms with Gasteiger partial charge in [0.15, 0.2) is 17.0 Å². The minimum Gasteiger partial charge on any atom is -0.461 e. The van der Waals surface area contributed by atoms with E-state index < -0.39 is 0 Å². The van der Waals surface area contributed by atoms with Crippen molar-refractivity contribution in [1.82, 2.24) is 9.55 Å². The predicted molar refractivity (Wildman–Crippen MR) is 104 cm³/mol. The topological polar surface area (TPSA) is 78.2 Å². The molecule has 0 amide bonds. The second-order valence-corrected chi connectivity index (χ2v) is 6.54. The molecule has 0 unspecified atom stereocenters. The van der Waals surface area contributed by atoms with Crippen molar-refractivity contribution in [3.63, 3.8) is 0 Å². The molecule has 0 saturated heterocycles. The molecule has 0 atom stereocenters. The van der Waals surface area contributed by atoms with Crippen LogP contribution in [0, 0.1) is 0 Å². The van der Waals surface area contributed by atoms with E-state index in [1.54, 1.807) is 36.4 Å². The molecule has 0 fully saturated rings. The average molecular weight is 364 g/mol. The summed E-state index contributed by atoms with van der Waals surface area (Å²) in [6.07, 6.45) is 5.56. The van der Waals surface area contributed by atoms with Gasteiger partial charge in [-0.1, -0.05) is 38.3 Å². The smallest absolute Gasteiger partial charge is 0.269 e.